The zero-order valence-corrected chi connectivity index (χ0v) is 4.88. The van der Waals surface area contributed by atoms with Crippen LogP contribution in [0.3, 0.4) is 0 Å². The summed E-state index contributed by atoms with van der Waals surface area (Å²) in [5.74, 6) is -0.967. The van der Waals surface area contributed by atoms with E-state index in [0.29, 0.717) is 0 Å². The standard InChI is InChI=1S/C5H5NO3/c1-4(9-2)5(8)6-3-7/h1H2,2H3. The van der Waals surface area contributed by atoms with E-state index in [4.69, 9.17) is 0 Å². The van der Waals surface area contributed by atoms with Crippen LogP contribution in [0.2, 0.25) is 0 Å². The molecule has 0 atom stereocenters. The van der Waals surface area contributed by atoms with E-state index in [-0.39, 0.29) is 5.76 Å². The van der Waals surface area contributed by atoms with E-state index < -0.39 is 5.91 Å². The van der Waals surface area contributed by atoms with Crippen molar-refractivity contribution < 1.29 is 14.3 Å². The first kappa shape index (κ1) is 7.59. The van der Waals surface area contributed by atoms with Crippen LogP contribution in [0.4, 0.5) is 0 Å². The van der Waals surface area contributed by atoms with Crippen molar-refractivity contribution in [2.24, 2.45) is 4.99 Å². The molecule has 4 nitrogen and oxygen atoms in total. The Bertz CT molecular complexity index is 179. The van der Waals surface area contributed by atoms with Gasteiger partial charge >= 0.3 is 5.91 Å². The molecule has 0 aromatic heterocycles. The summed E-state index contributed by atoms with van der Waals surface area (Å²) in [6.07, 6.45) is 1.07. The number of aliphatic imine (C=N–C) groups is 1. The second-order valence-corrected chi connectivity index (χ2v) is 1.14. The number of rotatable bonds is 2. The average molecular weight is 127 g/mol. The molecular formula is C5H5NO3. The monoisotopic (exact) mass is 127 g/mol. The highest BCUT2D eigenvalue weighted by atomic mass is 16.5. The first-order valence-electron chi connectivity index (χ1n) is 2.07. The lowest BCUT2D eigenvalue weighted by molar-refractivity contribution is -0.117. The predicted octanol–water partition coefficient (Wildman–Crippen LogP) is 0.00890. The maximum Gasteiger partial charge on any atom is 0.322 e. The number of isocyanates is 1. The maximum atomic E-state index is 10.3. The summed E-state index contributed by atoms with van der Waals surface area (Å²) in [6, 6.07) is 0. The Labute approximate surface area is 51.8 Å². The third-order valence-electron chi connectivity index (χ3n) is 0.632. The van der Waals surface area contributed by atoms with Gasteiger partial charge in [0, 0.05) is 0 Å². The summed E-state index contributed by atoms with van der Waals surface area (Å²) < 4.78 is 4.35. The third-order valence-corrected chi connectivity index (χ3v) is 0.632. The smallest absolute Gasteiger partial charge is 0.322 e. The summed E-state index contributed by atoms with van der Waals surface area (Å²) in [5.41, 5.74) is 0. The van der Waals surface area contributed by atoms with Crippen molar-refractivity contribution in [3.05, 3.63) is 12.3 Å². The number of methoxy groups -OCH3 is 1. The summed E-state index contributed by atoms with van der Waals surface area (Å²) in [7, 11) is 1.26. The van der Waals surface area contributed by atoms with E-state index in [1.165, 1.54) is 7.11 Å². The van der Waals surface area contributed by atoms with Crippen molar-refractivity contribution >= 4 is 12.0 Å². The molecule has 0 N–H and O–H groups in total. The number of nitrogens with zero attached hydrogens (tertiary/aromatic N) is 1. The normalized spacial score (nSPS) is 7.22. The van der Waals surface area contributed by atoms with Crippen LogP contribution in [0.25, 0.3) is 0 Å². The van der Waals surface area contributed by atoms with E-state index in [9.17, 15) is 9.59 Å². The molecule has 0 bridgehead atoms. The van der Waals surface area contributed by atoms with Gasteiger partial charge in [-0.15, -0.1) is 4.99 Å². The first-order chi connectivity index (χ1) is 4.22. The van der Waals surface area contributed by atoms with Gasteiger partial charge in [0.2, 0.25) is 6.08 Å². The van der Waals surface area contributed by atoms with Gasteiger partial charge in [0.05, 0.1) is 7.11 Å². The highest BCUT2D eigenvalue weighted by molar-refractivity contribution is 5.94. The van der Waals surface area contributed by atoms with Gasteiger partial charge in [-0.25, -0.2) is 4.79 Å². The van der Waals surface area contributed by atoms with Gasteiger partial charge in [-0.3, -0.25) is 4.79 Å². The van der Waals surface area contributed by atoms with Crippen LogP contribution in [-0.2, 0) is 14.3 Å². The summed E-state index contributed by atoms with van der Waals surface area (Å²) in [6.45, 7) is 3.15. The Morgan fingerprint density at radius 3 is 2.67 bits per heavy atom. The fourth-order valence-corrected chi connectivity index (χ4v) is 0.191. The fourth-order valence-electron chi connectivity index (χ4n) is 0.191. The highest BCUT2D eigenvalue weighted by Crippen LogP contribution is 1.91. The van der Waals surface area contributed by atoms with Crippen LogP contribution in [0.5, 0.6) is 0 Å². The molecule has 9 heavy (non-hydrogen) atoms. The molecule has 0 aliphatic heterocycles. The molecule has 0 aliphatic carbocycles. The minimum atomic E-state index is -0.799. The maximum absolute atomic E-state index is 10.3. The van der Waals surface area contributed by atoms with Crippen LogP contribution in [-0.4, -0.2) is 19.1 Å². The summed E-state index contributed by atoms with van der Waals surface area (Å²) in [5, 5.41) is 0. The van der Waals surface area contributed by atoms with E-state index in [1.807, 2.05) is 0 Å². The number of ether oxygens (including phenoxy) is 1. The number of amides is 1. The van der Waals surface area contributed by atoms with Gasteiger partial charge in [-0.2, -0.15) is 0 Å². The second kappa shape index (κ2) is 3.57. The molecule has 48 valence electrons. The molecule has 1 amide bonds. The Morgan fingerprint density at radius 1 is 1.78 bits per heavy atom. The van der Waals surface area contributed by atoms with Crippen molar-refractivity contribution in [1.29, 1.82) is 0 Å². The van der Waals surface area contributed by atoms with Crippen molar-refractivity contribution in [3.8, 4) is 0 Å². The molecule has 0 saturated carbocycles. The van der Waals surface area contributed by atoms with Gasteiger partial charge < -0.3 is 4.74 Å². The summed E-state index contributed by atoms with van der Waals surface area (Å²) in [4.78, 5) is 22.5. The highest BCUT2D eigenvalue weighted by Gasteiger charge is 2.02. The van der Waals surface area contributed by atoms with E-state index in [2.05, 4.69) is 16.3 Å². The molecule has 0 heterocycles. The molecule has 0 aromatic rings. The lowest BCUT2D eigenvalue weighted by Crippen LogP contribution is -1.97. The van der Waals surface area contributed by atoms with Crippen LogP contribution in [0, 0.1) is 0 Å². The van der Waals surface area contributed by atoms with Crippen molar-refractivity contribution in [2.45, 2.75) is 0 Å². The molecule has 0 spiro atoms. The number of hydrogen-bond donors (Lipinski definition) is 0. The minimum absolute atomic E-state index is 0.168. The number of carbonyl (C=O) groups excluding carboxylic acids is 2. The Morgan fingerprint density at radius 2 is 2.33 bits per heavy atom. The third kappa shape index (κ3) is 2.41. The molecule has 0 fully saturated rings. The second-order valence-electron chi connectivity index (χ2n) is 1.14. The molecule has 0 saturated heterocycles. The zero-order chi connectivity index (χ0) is 7.28. The van der Waals surface area contributed by atoms with Gasteiger partial charge in [0.1, 0.15) is 0 Å². The lowest BCUT2D eigenvalue weighted by atomic mass is 10.5. The molecule has 0 aliphatic rings. The molecule has 0 rings (SSSR count). The lowest BCUT2D eigenvalue weighted by Gasteiger charge is -1.93. The van der Waals surface area contributed by atoms with E-state index >= 15 is 0 Å². The fraction of sp³-hybridized carbons (Fsp3) is 0.200. The molecule has 4 heteroatoms. The SMILES string of the molecule is C=C(OC)C(=O)N=C=O. The quantitative estimate of drug-likeness (QED) is 0.227. The largest absolute Gasteiger partial charge is 0.492 e. The Kier molecular flexibility index (Phi) is 3.01. The minimum Gasteiger partial charge on any atom is -0.492 e. The van der Waals surface area contributed by atoms with Crippen molar-refractivity contribution in [3.63, 3.8) is 0 Å². The van der Waals surface area contributed by atoms with Gasteiger partial charge in [0.15, 0.2) is 5.76 Å². The average Bonchev–Trinajstić information content (AvgIpc) is 1.87. The van der Waals surface area contributed by atoms with E-state index in [0.717, 1.165) is 6.08 Å². The van der Waals surface area contributed by atoms with Gasteiger partial charge in [-0.1, -0.05) is 6.58 Å². The Hall–Kier alpha value is -1.41. The van der Waals surface area contributed by atoms with Crippen LogP contribution >= 0.6 is 0 Å². The molecule has 0 aromatic carbocycles. The molecular weight excluding hydrogens is 122 g/mol. The van der Waals surface area contributed by atoms with Crippen LogP contribution in [0.15, 0.2) is 17.3 Å². The Balaban J connectivity index is 4.04. The number of carbonyl (C=O) groups is 1. The topological polar surface area (TPSA) is 55.7 Å². The first-order valence-corrected chi connectivity index (χ1v) is 2.07. The predicted molar refractivity (Wildman–Crippen MR) is 29.3 cm³/mol. The number of hydrogen-bond acceptors (Lipinski definition) is 3. The molecule has 0 radical (unpaired) electrons. The van der Waals surface area contributed by atoms with Crippen LogP contribution in [0.1, 0.15) is 0 Å². The molecule has 0 unspecified atom stereocenters. The van der Waals surface area contributed by atoms with E-state index in [1.54, 1.807) is 0 Å². The van der Waals surface area contributed by atoms with Gasteiger partial charge in [-0.05, 0) is 0 Å². The van der Waals surface area contributed by atoms with Crippen LogP contribution < -0.4 is 0 Å². The van der Waals surface area contributed by atoms with Crippen molar-refractivity contribution in [1.82, 2.24) is 0 Å². The summed E-state index contributed by atoms with van der Waals surface area (Å²) >= 11 is 0. The van der Waals surface area contributed by atoms with Crippen molar-refractivity contribution in [2.75, 3.05) is 7.11 Å². The van der Waals surface area contributed by atoms with Gasteiger partial charge in [0.25, 0.3) is 0 Å². The zero-order valence-electron chi connectivity index (χ0n) is 4.88.